The minimum Gasteiger partial charge on any atom is -0.772 e. The minimum atomic E-state index is -1.85. The van der Waals surface area contributed by atoms with Crippen LogP contribution in [0.3, 0.4) is 0 Å². The number of unbranched alkanes of at least 4 members (excludes halogenated alkanes) is 2. The fourth-order valence-electron chi connectivity index (χ4n) is 1.50. The Hall–Kier alpha value is 0.110. The highest BCUT2D eigenvalue weighted by Gasteiger charge is 2.05. The molecule has 0 aliphatic heterocycles. The molecule has 0 aromatic carbocycles. The largest absolute Gasteiger partial charge is 0.772 e. The van der Waals surface area contributed by atoms with E-state index in [9.17, 15) is 8.76 Å². The van der Waals surface area contributed by atoms with Gasteiger partial charge in [-0.05, 0) is 12.3 Å². The zero-order valence-electron chi connectivity index (χ0n) is 8.75. The normalized spacial score (nSPS) is 15.6. The van der Waals surface area contributed by atoms with E-state index in [0.717, 1.165) is 12.8 Å². The smallest absolute Gasteiger partial charge is 0.0104 e. The molecular weight excluding hydrogens is 184 g/mol. The molecule has 2 unspecified atom stereocenters. The van der Waals surface area contributed by atoms with E-state index >= 15 is 0 Å². The molecule has 0 spiro atoms. The molecule has 80 valence electrons. The van der Waals surface area contributed by atoms with Gasteiger partial charge in [-0.25, -0.2) is 0 Å². The Balaban J connectivity index is 3.45. The van der Waals surface area contributed by atoms with Gasteiger partial charge >= 0.3 is 0 Å². The summed E-state index contributed by atoms with van der Waals surface area (Å²) in [6, 6.07) is 0. The van der Waals surface area contributed by atoms with E-state index in [0.29, 0.717) is 11.7 Å². The number of hydrogen-bond donors (Lipinski definition) is 0. The summed E-state index contributed by atoms with van der Waals surface area (Å²) in [4.78, 5) is 0. The predicted octanol–water partition coefficient (Wildman–Crippen LogP) is 2.86. The number of hydrogen-bond acceptors (Lipinski definition) is 2. The topological polar surface area (TPSA) is 40.1 Å². The quantitative estimate of drug-likeness (QED) is 0.451. The minimum absolute atomic E-state index is 0.338. The molecule has 0 N–H and O–H groups in total. The lowest BCUT2D eigenvalue weighted by molar-refractivity contribution is 0.428. The molecule has 2 atom stereocenters. The van der Waals surface area contributed by atoms with E-state index < -0.39 is 11.1 Å². The van der Waals surface area contributed by atoms with Crippen LogP contribution in [-0.2, 0) is 11.1 Å². The van der Waals surface area contributed by atoms with Crippen molar-refractivity contribution in [3.63, 3.8) is 0 Å². The average Bonchev–Trinajstić information content (AvgIpc) is 2.10. The standard InChI is InChI=1S/C10H22O2S/c1-3-5-6-7-10(4-2)8-9-13(11)12/h10H,3-9H2,1-2H3,(H,11,12)/p-1. The van der Waals surface area contributed by atoms with Crippen LogP contribution in [0.25, 0.3) is 0 Å². The van der Waals surface area contributed by atoms with Crippen molar-refractivity contribution in [2.24, 2.45) is 5.92 Å². The van der Waals surface area contributed by atoms with E-state index in [1.54, 1.807) is 0 Å². The zero-order chi connectivity index (χ0) is 10.1. The van der Waals surface area contributed by atoms with Crippen molar-refractivity contribution >= 4 is 11.1 Å². The molecule has 13 heavy (non-hydrogen) atoms. The third kappa shape index (κ3) is 8.44. The van der Waals surface area contributed by atoms with Gasteiger partial charge in [0.05, 0.1) is 0 Å². The van der Waals surface area contributed by atoms with Crippen LogP contribution in [0.2, 0.25) is 0 Å². The molecule has 0 rings (SSSR count). The summed E-state index contributed by atoms with van der Waals surface area (Å²) in [5.74, 6) is 0.953. The maximum atomic E-state index is 10.3. The van der Waals surface area contributed by atoms with Gasteiger partial charge in [-0.15, -0.1) is 0 Å². The highest BCUT2D eigenvalue weighted by atomic mass is 32.2. The van der Waals surface area contributed by atoms with Crippen LogP contribution >= 0.6 is 0 Å². The molecule has 0 saturated heterocycles. The second kappa shape index (κ2) is 8.70. The summed E-state index contributed by atoms with van der Waals surface area (Å²) >= 11 is -1.85. The average molecular weight is 205 g/mol. The molecule has 0 saturated carbocycles. The first-order valence-corrected chi connectivity index (χ1v) is 6.50. The van der Waals surface area contributed by atoms with Gasteiger partial charge in [0, 0.05) is 5.75 Å². The Labute approximate surface area is 84.4 Å². The van der Waals surface area contributed by atoms with E-state index in [2.05, 4.69) is 13.8 Å². The van der Waals surface area contributed by atoms with E-state index in [1.807, 2.05) is 0 Å². The van der Waals surface area contributed by atoms with Gasteiger partial charge in [0.2, 0.25) is 0 Å². The van der Waals surface area contributed by atoms with Gasteiger partial charge in [-0.3, -0.25) is 4.21 Å². The highest BCUT2D eigenvalue weighted by Crippen LogP contribution is 2.17. The molecule has 3 heteroatoms. The van der Waals surface area contributed by atoms with Gasteiger partial charge in [0.15, 0.2) is 0 Å². The molecule has 0 radical (unpaired) electrons. The molecular formula is C10H21O2S-. The van der Waals surface area contributed by atoms with Crippen LogP contribution < -0.4 is 0 Å². The molecule has 0 heterocycles. The lowest BCUT2D eigenvalue weighted by Crippen LogP contribution is -2.05. The molecule has 0 bridgehead atoms. The Kier molecular flexibility index (Phi) is 8.77. The van der Waals surface area contributed by atoms with Crippen LogP contribution in [-0.4, -0.2) is 14.5 Å². The van der Waals surface area contributed by atoms with Gasteiger partial charge in [0.25, 0.3) is 0 Å². The molecule has 2 nitrogen and oxygen atoms in total. The van der Waals surface area contributed by atoms with Crippen LogP contribution in [0.15, 0.2) is 0 Å². The molecule has 0 aliphatic rings. The second-order valence-electron chi connectivity index (χ2n) is 3.57. The molecule has 0 aromatic heterocycles. The lowest BCUT2D eigenvalue weighted by atomic mass is 9.96. The van der Waals surface area contributed by atoms with Crippen LogP contribution in [0.4, 0.5) is 0 Å². The van der Waals surface area contributed by atoms with E-state index in [1.165, 1.54) is 25.7 Å². The van der Waals surface area contributed by atoms with Crippen molar-refractivity contribution in [1.82, 2.24) is 0 Å². The lowest BCUT2D eigenvalue weighted by Gasteiger charge is -2.15. The van der Waals surface area contributed by atoms with Crippen LogP contribution in [0.5, 0.6) is 0 Å². The molecule has 0 aliphatic carbocycles. The van der Waals surface area contributed by atoms with Crippen molar-refractivity contribution in [3.05, 3.63) is 0 Å². The van der Waals surface area contributed by atoms with Crippen molar-refractivity contribution in [2.45, 2.75) is 52.4 Å². The predicted molar refractivity (Wildman–Crippen MR) is 56.3 cm³/mol. The monoisotopic (exact) mass is 205 g/mol. The Morgan fingerprint density at radius 3 is 2.38 bits per heavy atom. The Morgan fingerprint density at radius 1 is 1.23 bits per heavy atom. The van der Waals surface area contributed by atoms with Crippen molar-refractivity contribution in [3.8, 4) is 0 Å². The SMILES string of the molecule is CCCCCC(CC)CCS(=O)[O-]. The maximum Gasteiger partial charge on any atom is 0.0104 e. The van der Waals surface area contributed by atoms with Crippen LogP contribution in [0.1, 0.15) is 52.4 Å². The molecule has 0 aromatic rings. The fraction of sp³-hybridized carbons (Fsp3) is 1.00. The maximum absolute atomic E-state index is 10.3. The summed E-state index contributed by atoms with van der Waals surface area (Å²) in [6.45, 7) is 4.33. The van der Waals surface area contributed by atoms with Gasteiger partial charge < -0.3 is 4.55 Å². The summed E-state index contributed by atoms with van der Waals surface area (Å²) < 4.78 is 20.7. The number of rotatable bonds is 8. The van der Waals surface area contributed by atoms with E-state index in [4.69, 9.17) is 0 Å². The molecule has 0 fully saturated rings. The van der Waals surface area contributed by atoms with Gasteiger partial charge in [0.1, 0.15) is 0 Å². The zero-order valence-corrected chi connectivity index (χ0v) is 9.57. The summed E-state index contributed by atoms with van der Waals surface area (Å²) in [5, 5.41) is 0. The van der Waals surface area contributed by atoms with Crippen molar-refractivity contribution < 1.29 is 8.76 Å². The first kappa shape index (κ1) is 13.1. The summed E-state index contributed by atoms with van der Waals surface area (Å²) in [6.07, 6.45) is 6.92. The van der Waals surface area contributed by atoms with Crippen LogP contribution in [0, 0.1) is 5.92 Å². The first-order chi connectivity index (χ1) is 6.20. The van der Waals surface area contributed by atoms with Gasteiger partial charge in [-0.2, -0.15) is 0 Å². The van der Waals surface area contributed by atoms with E-state index in [-0.39, 0.29) is 0 Å². The fourth-order valence-corrected chi connectivity index (χ4v) is 2.02. The third-order valence-corrected chi connectivity index (χ3v) is 3.06. The third-order valence-electron chi connectivity index (χ3n) is 2.49. The summed E-state index contributed by atoms with van der Waals surface area (Å²) in [7, 11) is 0. The second-order valence-corrected chi connectivity index (χ2v) is 4.58. The summed E-state index contributed by atoms with van der Waals surface area (Å²) in [5.41, 5.74) is 0. The highest BCUT2D eigenvalue weighted by molar-refractivity contribution is 7.79. The first-order valence-electron chi connectivity index (χ1n) is 5.26. The Morgan fingerprint density at radius 2 is 1.92 bits per heavy atom. The van der Waals surface area contributed by atoms with Crippen molar-refractivity contribution in [1.29, 1.82) is 0 Å². The molecule has 0 amide bonds. The van der Waals surface area contributed by atoms with Gasteiger partial charge in [-0.1, -0.05) is 57.0 Å². The van der Waals surface area contributed by atoms with Crippen molar-refractivity contribution in [2.75, 3.05) is 5.75 Å². The Bertz CT molecular complexity index is 137.